The summed E-state index contributed by atoms with van der Waals surface area (Å²) in [5.74, 6) is 0.614. The maximum atomic E-state index is 13.7. The van der Waals surface area contributed by atoms with E-state index in [1.165, 1.54) is 0 Å². The van der Waals surface area contributed by atoms with Crippen molar-refractivity contribution in [2.75, 3.05) is 18.0 Å². The molecule has 0 aliphatic heterocycles. The third kappa shape index (κ3) is 6.28. The van der Waals surface area contributed by atoms with Gasteiger partial charge in [-0.25, -0.2) is 8.42 Å². The summed E-state index contributed by atoms with van der Waals surface area (Å²) < 4.78 is 34.1. The summed E-state index contributed by atoms with van der Waals surface area (Å²) in [6.45, 7) is 11.3. The lowest BCUT2D eigenvalue weighted by Gasteiger charge is -2.27. The number of ether oxygens (including phenoxy) is 1. The second-order valence-corrected chi connectivity index (χ2v) is 11.9. The van der Waals surface area contributed by atoms with E-state index in [-0.39, 0.29) is 16.9 Å². The van der Waals surface area contributed by atoms with E-state index in [1.807, 2.05) is 32.9 Å². The van der Waals surface area contributed by atoms with E-state index in [9.17, 15) is 13.2 Å². The molecular weight excluding hydrogens is 508 g/mol. The number of amides is 1. The number of rotatable bonds is 9. The molecule has 1 amide bonds. The second-order valence-electron chi connectivity index (χ2n) is 9.60. The molecule has 1 atom stereocenters. The fraction of sp³-hybridized carbons (Fsp3) is 0.345. The Morgan fingerprint density at radius 1 is 1.00 bits per heavy atom. The molecule has 0 heterocycles. The Kier molecular flexibility index (Phi) is 8.92. The van der Waals surface area contributed by atoms with E-state index in [2.05, 4.69) is 19.2 Å². The molecule has 0 saturated heterocycles. The fourth-order valence-corrected chi connectivity index (χ4v) is 5.96. The van der Waals surface area contributed by atoms with Crippen molar-refractivity contribution in [3.05, 3.63) is 87.4 Å². The molecule has 1 unspecified atom stereocenters. The van der Waals surface area contributed by atoms with E-state index in [4.69, 9.17) is 16.3 Å². The first-order valence-electron chi connectivity index (χ1n) is 12.2. The Hall–Kier alpha value is -3.03. The Labute approximate surface area is 225 Å². The molecule has 37 heavy (non-hydrogen) atoms. The largest absolute Gasteiger partial charge is 0.496 e. The second kappa shape index (κ2) is 11.6. The van der Waals surface area contributed by atoms with Gasteiger partial charge in [0.2, 0.25) is 5.91 Å². The molecule has 3 rings (SSSR count). The van der Waals surface area contributed by atoms with Crippen molar-refractivity contribution in [1.29, 1.82) is 0 Å². The molecule has 0 radical (unpaired) electrons. The van der Waals surface area contributed by atoms with Gasteiger partial charge in [-0.2, -0.15) is 0 Å². The summed E-state index contributed by atoms with van der Waals surface area (Å²) in [6.07, 6.45) is 0. The Bertz CT molecular complexity index is 1390. The predicted octanol–water partition coefficient (Wildman–Crippen LogP) is 6.47. The standard InChI is InChI=1S/C29H35ClN2O4S/c1-18(2)24-16-25(20(4)15-28(24)36-7)22(6)31-29(33)17-32(27-10-8-9-26(30)21(27)5)37(34,35)23-13-11-19(3)12-14-23/h8-16,18,22H,17H2,1-7H3,(H,31,33). The summed E-state index contributed by atoms with van der Waals surface area (Å²) in [4.78, 5) is 13.4. The van der Waals surface area contributed by atoms with Crippen LogP contribution in [0.3, 0.4) is 0 Å². The van der Waals surface area contributed by atoms with Crippen LogP contribution in [0.15, 0.2) is 59.5 Å². The van der Waals surface area contributed by atoms with Crippen molar-refractivity contribution >= 4 is 33.2 Å². The number of carbonyl (C=O) groups is 1. The first-order chi connectivity index (χ1) is 17.4. The molecule has 0 aliphatic carbocycles. The number of halogens is 1. The molecule has 0 bridgehead atoms. The number of carbonyl (C=O) groups excluding carboxylic acids is 1. The SMILES string of the molecule is COc1cc(C)c(C(C)NC(=O)CN(c2cccc(Cl)c2C)S(=O)(=O)c2ccc(C)cc2)cc1C(C)C. The Morgan fingerprint density at radius 2 is 1.65 bits per heavy atom. The number of hydrogen-bond acceptors (Lipinski definition) is 4. The van der Waals surface area contributed by atoms with E-state index in [0.29, 0.717) is 16.3 Å². The molecule has 0 aliphatic rings. The third-order valence-corrected chi connectivity index (χ3v) is 8.67. The summed E-state index contributed by atoms with van der Waals surface area (Å²) >= 11 is 6.33. The third-order valence-electron chi connectivity index (χ3n) is 6.49. The van der Waals surface area contributed by atoms with Crippen LogP contribution in [-0.2, 0) is 14.8 Å². The van der Waals surface area contributed by atoms with Crippen LogP contribution in [0.25, 0.3) is 0 Å². The number of aryl methyl sites for hydroxylation is 2. The lowest BCUT2D eigenvalue weighted by Crippen LogP contribution is -2.42. The lowest BCUT2D eigenvalue weighted by atomic mass is 9.93. The van der Waals surface area contributed by atoms with E-state index < -0.39 is 22.5 Å². The average molecular weight is 543 g/mol. The van der Waals surface area contributed by atoms with Gasteiger partial charge in [0.05, 0.1) is 23.7 Å². The number of hydrogen-bond donors (Lipinski definition) is 1. The van der Waals surface area contributed by atoms with Crippen molar-refractivity contribution in [3.8, 4) is 5.75 Å². The Balaban J connectivity index is 1.96. The van der Waals surface area contributed by atoms with Crippen LogP contribution in [0.1, 0.15) is 60.5 Å². The number of nitrogens with zero attached hydrogens (tertiary/aromatic N) is 1. The molecule has 198 valence electrons. The first-order valence-corrected chi connectivity index (χ1v) is 14.0. The minimum Gasteiger partial charge on any atom is -0.496 e. The highest BCUT2D eigenvalue weighted by molar-refractivity contribution is 7.92. The van der Waals surface area contributed by atoms with E-state index in [1.54, 1.807) is 56.5 Å². The summed E-state index contributed by atoms with van der Waals surface area (Å²) in [5.41, 5.74) is 4.84. The molecule has 0 aromatic heterocycles. The van der Waals surface area contributed by atoms with E-state index in [0.717, 1.165) is 32.3 Å². The predicted molar refractivity (Wildman–Crippen MR) is 150 cm³/mol. The zero-order valence-electron chi connectivity index (χ0n) is 22.4. The number of anilines is 1. The maximum absolute atomic E-state index is 13.7. The van der Waals surface area contributed by atoms with Gasteiger partial charge < -0.3 is 10.1 Å². The molecule has 3 aromatic rings. The molecule has 8 heteroatoms. The topological polar surface area (TPSA) is 75.7 Å². The molecule has 3 aromatic carbocycles. The minimum absolute atomic E-state index is 0.103. The average Bonchev–Trinajstić information content (AvgIpc) is 2.84. The van der Waals surface area contributed by atoms with Crippen LogP contribution in [0.5, 0.6) is 5.75 Å². The van der Waals surface area contributed by atoms with Crippen LogP contribution in [0.4, 0.5) is 5.69 Å². The highest BCUT2D eigenvalue weighted by atomic mass is 35.5. The number of benzene rings is 3. The molecule has 0 saturated carbocycles. The van der Waals surface area contributed by atoms with Crippen molar-refractivity contribution in [1.82, 2.24) is 5.32 Å². The molecule has 0 fully saturated rings. The van der Waals surface area contributed by atoms with Gasteiger partial charge in [0.25, 0.3) is 10.0 Å². The van der Waals surface area contributed by atoms with Crippen molar-refractivity contribution in [3.63, 3.8) is 0 Å². The Morgan fingerprint density at radius 3 is 2.24 bits per heavy atom. The summed E-state index contributed by atoms with van der Waals surface area (Å²) in [6, 6.07) is 15.3. The van der Waals surface area contributed by atoms with Crippen molar-refractivity contribution in [2.24, 2.45) is 0 Å². The smallest absolute Gasteiger partial charge is 0.264 e. The normalized spacial score (nSPS) is 12.4. The lowest BCUT2D eigenvalue weighted by molar-refractivity contribution is -0.120. The van der Waals surface area contributed by atoms with Crippen LogP contribution >= 0.6 is 11.6 Å². The zero-order chi connectivity index (χ0) is 27.5. The first kappa shape index (κ1) is 28.5. The summed E-state index contributed by atoms with van der Waals surface area (Å²) in [7, 11) is -2.40. The minimum atomic E-state index is -4.04. The van der Waals surface area contributed by atoms with Crippen molar-refractivity contribution in [2.45, 2.75) is 58.4 Å². The molecule has 0 spiro atoms. The van der Waals surface area contributed by atoms with E-state index >= 15 is 0 Å². The van der Waals surface area contributed by atoms with Gasteiger partial charge in [0.15, 0.2) is 0 Å². The van der Waals surface area contributed by atoms with Crippen LogP contribution in [-0.4, -0.2) is 28.0 Å². The van der Waals surface area contributed by atoms with Gasteiger partial charge >= 0.3 is 0 Å². The van der Waals surface area contributed by atoms with Crippen molar-refractivity contribution < 1.29 is 17.9 Å². The maximum Gasteiger partial charge on any atom is 0.264 e. The number of nitrogens with one attached hydrogen (secondary N) is 1. The highest BCUT2D eigenvalue weighted by Crippen LogP contribution is 2.33. The van der Waals surface area contributed by atoms with Crippen LogP contribution in [0.2, 0.25) is 5.02 Å². The van der Waals surface area contributed by atoms with Gasteiger partial charge in [-0.3, -0.25) is 9.10 Å². The highest BCUT2D eigenvalue weighted by Gasteiger charge is 2.29. The van der Waals surface area contributed by atoms with Gasteiger partial charge in [0, 0.05) is 5.02 Å². The number of sulfonamides is 1. The van der Waals surface area contributed by atoms with Crippen LogP contribution in [0, 0.1) is 20.8 Å². The molecular formula is C29H35ClN2O4S. The van der Waals surface area contributed by atoms with Crippen LogP contribution < -0.4 is 14.4 Å². The van der Waals surface area contributed by atoms with Gasteiger partial charge in [0.1, 0.15) is 12.3 Å². The van der Waals surface area contributed by atoms with Gasteiger partial charge in [-0.15, -0.1) is 0 Å². The summed E-state index contributed by atoms with van der Waals surface area (Å²) in [5, 5.41) is 3.41. The zero-order valence-corrected chi connectivity index (χ0v) is 24.0. The monoisotopic (exact) mass is 542 g/mol. The number of methoxy groups -OCH3 is 1. The van der Waals surface area contributed by atoms with Gasteiger partial charge in [-0.1, -0.05) is 49.2 Å². The fourth-order valence-electron chi connectivity index (χ4n) is 4.31. The quantitative estimate of drug-likeness (QED) is 0.336. The molecule has 6 nitrogen and oxygen atoms in total. The molecule has 1 N–H and O–H groups in total. The van der Waals surface area contributed by atoms with Gasteiger partial charge in [-0.05, 0) is 92.3 Å².